The van der Waals surface area contributed by atoms with Gasteiger partial charge in [0, 0.05) is 35.5 Å². The van der Waals surface area contributed by atoms with E-state index in [1.807, 2.05) is 23.9 Å². The number of nitrogens with two attached hydrogens (primary N) is 1. The molecule has 98 valence electrons. The van der Waals surface area contributed by atoms with Crippen molar-refractivity contribution in [2.75, 3.05) is 17.2 Å². The fraction of sp³-hybridized carbons (Fsp3) is 0.500. The maximum Gasteiger partial charge on any atom is 0.188 e. The second-order valence-corrected chi connectivity index (χ2v) is 5.88. The lowest BCUT2D eigenvalue weighted by atomic mass is 10.1. The number of thioether (sulfide) groups is 1. The van der Waals surface area contributed by atoms with Crippen molar-refractivity contribution < 1.29 is 5.21 Å². The second kappa shape index (κ2) is 5.48. The van der Waals surface area contributed by atoms with Crippen molar-refractivity contribution >= 4 is 23.3 Å². The number of rotatable bonds is 2. The van der Waals surface area contributed by atoms with Crippen molar-refractivity contribution in [2.24, 2.45) is 10.9 Å². The van der Waals surface area contributed by atoms with E-state index < -0.39 is 0 Å². The summed E-state index contributed by atoms with van der Waals surface area (Å²) in [6.07, 6.45) is 1.70. The summed E-state index contributed by atoms with van der Waals surface area (Å²) in [5.74, 6) is 1.16. The molecule has 2 unspecified atom stereocenters. The molecule has 0 aliphatic carbocycles. The topological polar surface area (TPSA) is 74.7 Å². The van der Waals surface area contributed by atoms with Gasteiger partial charge in [0.1, 0.15) is 5.69 Å². The van der Waals surface area contributed by atoms with Crippen LogP contribution in [0.5, 0.6) is 0 Å². The molecule has 0 radical (unpaired) electrons. The molecular weight excluding hydrogens is 248 g/mol. The van der Waals surface area contributed by atoms with Crippen LogP contribution in [0.3, 0.4) is 0 Å². The van der Waals surface area contributed by atoms with Crippen molar-refractivity contribution in [2.45, 2.75) is 25.1 Å². The van der Waals surface area contributed by atoms with Gasteiger partial charge in [-0.15, -0.1) is 0 Å². The van der Waals surface area contributed by atoms with E-state index >= 15 is 0 Å². The number of hydrogen-bond acceptors (Lipinski definition) is 5. The van der Waals surface area contributed by atoms with E-state index in [4.69, 9.17) is 10.9 Å². The van der Waals surface area contributed by atoms with Gasteiger partial charge in [0.05, 0.1) is 0 Å². The summed E-state index contributed by atoms with van der Waals surface area (Å²) in [6, 6.07) is 4.30. The molecule has 2 heterocycles. The Balaban J connectivity index is 2.27. The van der Waals surface area contributed by atoms with Gasteiger partial charge in [0.2, 0.25) is 0 Å². The van der Waals surface area contributed by atoms with E-state index in [2.05, 4.69) is 28.9 Å². The van der Waals surface area contributed by atoms with Crippen LogP contribution >= 0.6 is 11.8 Å². The number of pyridine rings is 1. The Labute approximate surface area is 111 Å². The average molecular weight is 266 g/mol. The third-order valence-electron chi connectivity index (χ3n) is 3.33. The van der Waals surface area contributed by atoms with Crippen molar-refractivity contribution in [3.8, 4) is 0 Å². The number of anilines is 1. The number of amidine groups is 1. The zero-order valence-corrected chi connectivity index (χ0v) is 11.4. The van der Waals surface area contributed by atoms with Crippen LogP contribution in [0.1, 0.15) is 19.5 Å². The molecule has 2 atom stereocenters. The Morgan fingerprint density at radius 1 is 1.61 bits per heavy atom. The predicted octanol–water partition coefficient (Wildman–Crippen LogP) is 1.51. The minimum absolute atomic E-state index is 0.0453. The third-order valence-corrected chi connectivity index (χ3v) is 4.67. The number of oxime groups is 1. The maximum absolute atomic E-state index is 8.69. The van der Waals surface area contributed by atoms with E-state index in [9.17, 15) is 0 Å². The molecule has 1 aromatic rings. The molecular formula is C12H18N4OS. The lowest BCUT2D eigenvalue weighted by Crippen LogP contribution is -2.44. The Morgan fingerprint density at radius 3 is 3.11 bits per heavy atom. The highest BCUT2D eigenvalue weighted by atomic mass is 32.2. The zero-order chi connectivity index (χ0) is 13.1. The number of hydrogen-bond donors (Lipinski definition) is 2. The summed E-state index contributed by atoms with van der Waals surface area (Å²) in [6.45, 7) is 5.48. The van der Waals surface area contributed by atoms with Crippen LogP contribution in [0.25, 0.3) is 0 Å². The summed E-state index contributed by atoms with van der Waals surface area (Å²) in [7, 11) is 0. The van der Waals surface area contributed by atoms with Crippen LogP contribution in [0.4, 0.5) is 5.69 Å². The van der Waals surface area contributed by atoms with Gasteiger partial charge in [0.15, 0.2) is 5.84 Å². The number of nitrogens with zero attached hydrogens (tertiary/aromatic N) is 3. The van der Waals surface area contributed by atoms with Gasteiger partial charge in [-0.25, -0.2) is 0 Å². The monoisotopic (exact) mass is 266 g/mol. The highest BCUT2D eigenvalue weighted by molar-refractivity contribution is 8.00. The molecule has 0 spiro atoms. The van der Waals surface area contributed by atoms with Crippen LogP contribution in [0.2, 0.25) is 0 Å². The van der Waals surface area contributed by atoms with Crippen LogP contribution in [0, 0.1) is 0 Å². The summed E-state index contributed by atoms with van der Waals surface area (Å²) in [4.78, 5) is 6.45. The summed E-state index contributed by atoms with van der Waals surface area (Å²) >= 11 is 1.99. The molecule has 1 aromatic heterocycles. The average Bonchev–Trinajstić information content (AvgIpc) is 2.41. The molecule has 18 heavy (non-hydrogen) atoms. The third kappa shape index (κ3) is 2.53. The van der Waals surface area contributed by atoms with Gasteiger partial charge in [-0.2, -0.15) is 11.8 Å². The van der Waals surface area contributed by atoms with E-state index in [0.29, 0.717) is 17.0 Å². The molecule has 1 aliphatic rings. The SMILES string of the molecule is CC1SCCN(c2ccnc(/C(N)=N/O)c2)C1C. The van der Waals surface area contributed by atoms with Gasteiger partial charge in [-0.1, -0.05) is 12.1 Å². The fourth-order valence-electron chi connectivity index (χ4n) is 2.09. The van der Waals surface area contributed by atoms with Crippen molar-refractivity contribution in [3.63, 3.8) is 0 Å². The molecule has 1 aliphatic heterocycles. The molecule has 0 saturated carbocycles. The van der Waals surface area contributed by atoms with E-state index in [-0.39, 0.29) is 5.84 Å². The van der Waals surface area contributed by atoms with Crippen molar-refractivity contribution in [1.82, 2.24) is 4.98 Å². The first-order valence-electron chi connectivity index (χ1n) is 5.95. The quantitative estimate of drug-likeness (QED) is 0.367. The van der Waals surface area contributed by atoms with E-state index in [1.165, 1.54) is 0 Å². The predicted molar refractivity (Wildman–Crippen MR) is 75.5 cm³/mol. The summed E-state index contributed by atoms with van der Waals surface area (Å²) in [5.41, 5.74) is 7.15. The summed E-state index contributed by atoms with van der Waals surface area (Å²) < 4.78 is 0. The standard InChI is InChI=1S/C12H18N4OS/c1-8-9(2)18-6-5-16(8)10-3-4-14-11(7-10)12(13)15-17/h3-4,7-9,17H,5-6H2,1-2H3,(H2,13,15). The van der Waals surface area contributed by atoms with Crippen LogP contribution in [-0.2, 0) is 0 Å². The molecule has 3 N–H and O–H groups in total. The Hall–Kier alpha value is -1.43. The van der Waals surface area contributed by atoms with Gasteiger partial charge >= 0.3 is 0 Å². The molecule has 0 bridgehead atoms. The molecule has 1 saturated heterocycles. The number of aromatic nitrogens is 1. The molecule has 0 aromatic carbocycles. The minimum atomic E-state index is 0.0453. The van der Waals surface area contributed by atoms with Crippen molar-refractivity contribution in [1.29, 1.82) is 0 Å². The maximum atomic E-state index is 8.69. The lowest BCUT2D eigenvalue weighted by molar-refractivity contribution is 0.318. The highest BCUT2D eigenvalue weighted by Crippen LogP contribution is 2.28. The molecule has 1 fully saturated rings. The first kappa shape index (κ1) is 13.0. The highest BCUT2D eigenvalue weighted by Gasteiger charge is 2.25. The molecule has 5 nitrogen and oxygen atoms in total. The summed E-state index contributed by atoms with van der Waals surface area (Å²) in [5, 5.41) is 12.3. The van der Waals surface area contributed by atoms with Gasteiger partial charge in [-0.3, -0.25) is 4.98 Å². The Kier molecular flexibility index (Phi) is 3.96. The Morgan fingerprint density at radius 2 is 2.39 bits per heavy atom. The minimum Gasteiger partial charge on any atom is -0.409 e. The largest absolute Gasteiger partial charge is 0.409 e. The van der Waals surface area contributed by atoms with E-state index in [1.54, 1.807) is 6.20 Å². The van der Waals surface area contributed by atoms with Gasteiger partial charge in [-0.05, 0) is 19.1 Å². The fourth-order valence-corrected chi connectivity index (χ4v) is 3.19. The normalized spacial score (nSPS) is 25.2. The molecule has 0 amide bonds. The first-order valence-corrected chi connectivity index (χ1v) is 7.00. The van der Waals surface area contributed by atoms with E-state index in [0.717, 1.165) is 18.0 Å². The van der Waals surface area contributed by atoms with Crippen molar-refractivity contribution in [3.05, 3.63) is 24.0 Å². The van der Waals surface area contributed by atoms with Gasteiger partial charge < -0.3 is 15.8 Å². The zero-order valence-electron chi connectivity index (χ0n) is 10.6. The first-order chi connectivity index (χ1) is 8.63. The molecule has 2 rings (SSSR count). The van der Waals surface area contributed by atoms with Gasteiger partial charge in [0.25, 0.3) is 0 Å². The second-order valence-electron chi connectivity index (χ2n) is 4.39. The molecule has 6 heteroatoms. The smallest absolute Gasteiger partial charge is 0.188 e. The van der Waals surface area contributed by atoms with Crippen LogP contribution < -0.4 is 10.6 Å². The van der Waals surface area contributed by atoms with Crippen LogP contribution in [-0.4, -0.2) is 39.6 Å². The Bertz CT molecular complexity index is 451. The van der Waals surface area contributed by atoms with Crippen LogP contribution in [0.15, 0.2) is 23.5 Å². The lowest BCUT2D eigenvalue weighted by Gasteiger charge is -2.39.